The van der Waals surface area contributed by atoms with Gasteiger partial charge in [-0.2, -0.15) is 0 Å². The highest BCUT2D eigenvalue weighted by Crippen LogP contribution is 2.57. The van der Waals surface area contributed by atoms with E-state index in [1.54, 1.807) is 0 Å². The summed E-state index contributed by atoms with van der Waals surface area (Å²) < 4.78 is 11.2. The maximum atomic E-state index is 12.0. The van der Waals surface area contributed by atoms with Crippen molar-refractivity contribution in [3.63, 3.8) is 0 Å². The molecular formula is C15H10O3. The van der Waals surface area contributed by atoms with Gasteiger partial charge in [0.05, 0.1) is 0 Å². The maximum absolute atomic E-state index is 12.0. The third kappa shape index (κ3) is 0.973. The monoisotopic (exact) mass is 238 g/mol. The number of para-hydroxylation sites is 1. The molecule has 3 heteroatoms. The van der Waals surface area contributed by atoms with Gasteiger partial charge in [-0.05, 0) is 6.07 Å². The average Bonchev–Trinajstić information content (AvgIpc) is 2.70. The van der Waals surface area contributed by atoms with Crippen LogP contribution in [0, 0.1) is 0 Å². The van der Waals surface area contributed by atoms with Gasteiger partial charge in [-0.1, -0.05) is 48.5 Å². The normalized spacial score (nSPS) is 27.6. The Bertz CT molecular complexity index is 635. The molecule has 2 heterocycles. The van der Waals surface area contributed by atoms with E-state index >= 15 is 0 Å². The number of ether oxygens (including phenoxy) is 2. The van der Waals surface area contributed by atoms with Crippen LogP contribution in [0.25, 0.3) is 0 Å². The van der Waals surface area contributed by atoms with E-state index in [1.165, 1.54) is 0 Å². The Hall–Kier alpha value is -2.29. The Balaban J connectivity index is 1.90. The lowest BCUT2D eigenvalue weighted by Crippen LogP contribution is -2.55. The van der Waals surface area contributed by atoms with Crippen molar-refractivity contribution in [3.8, 4) is 5.75 Å². The van der Waals surface area contributed by atoms with E-state index in [9.17, 15) is 4.79 Å². The van der Waals surface area contributed by atoms with Gasteiger partial charge in [0.1, 0.15) is 5.75 Å². The molecule has 0 radical (unpaired) electrons. The second kappa shape index (κ2) is 3.13. The van der Waals surface area contributed by atoms with Crippen molar-refractivity contribution in [2.75, 3.05) is 0 Å². The third-order valence-electron chi connectivity index (χ3n) is 3.57. The molecule has 0 bridgehead atoms. The Morgan fingerprint density at radius 3 is 2.44 bits per heavy atom. The average molecular weight is 238 g/mol. The molecule has 0 aliphatic carbocycles. The van der Waals surface area contributed by atoms with Crippen LogP contribution in [0.3, 0.4) is 0 Å². The van der Waals surface area contributed by atoms with Crippen molar-refractivity contribution in [1.82, 2.24) is 0 Å². The van der Waals surface area contributed by atoms with E-state index in [-0.39, 0.29) is 12.1 Å². The zero-order chi connectivity index (χ0) is 12.2. The highest BCUT2D eigenvalue weighted by Gasteiger charge is 2.67. The summed E-state index contributed by atoms with van der Waals surface area (Å²) in [5.74, 6) is 0.423. The first kappa shape index (κ1) is 9.71. The number of esters is 1. The molecule has 0 N–H and O–H groups in total. The molecule has 2 aliphatic heterocycles. The number of fused-ring (bicyclic) bond motifs is 3. The van der Waals surface area contributed by atoms with Crippen molar-refractivity contribution < 1.29 is 14.3 Å². The molecule has 4 rings (SSSR count). The number of hydrogen-bond donors (Lipinski definition) is 0. The van der Waals surface area contributed by atoms with Crippen LogP contribution >= 0.6 is 0 Å². The van der Waals surface area contributed by atoms with Crippen LogP contribution in [-0.4, -0.2) is 5.97 Å². The van der Waals surface area contributed by atoms with Crippen molar-refractivity contribution >= 4 is 5.97 Å². The second-order valence-electron chi connectivity index (χ2n) is 4.53. The quantitative estimate of drug-likeness (QED) is 0.716. The van der Waals surface area contributed by atoms with Gasteiger partial charge in [-0.15, -0.1) is 0 Å². The number of carbonyl (C=O) groups is 1. The molecule has 1 saturated heterocycles. The summed E-state index contributed by atoms with van der Waals surface area (Å²) in [7, 11) is 0. The zero-order valence-electron chi connectivity index (χ0n) is 9.50. The summed E-state index contributed by atoms with van der Waals surface area (Å²) in [6.07, 6.45) is -0.316. The molecule has 88 valence electrons. The molecule has 2 aromatic rings. The highest BCUT2D eigenvalue weighted by atomic mass is 16.7. The Morgan fingerprint density at radius 2 is 1.67 bits per heavy atom. The predicted octanol–water partition coefficient (Wildman–Crippen LogP) is 2.57. The molecule has 2 atom stereocenters. The summed E-state index contributed by atoms with van der Waals surface area (Å²) in [6.45, 7) is 0. The van der Waals surface area contributed by atoms with Gasteiger partial charge >= 0.3 is 5.97 Å². The first-order chi connectivity index (χ1) is 8.82. The van der Waals surface area contributed by atoms with Crippen LogP contribution in [0.4, 0.5) is 0 Å². The van der Waals surface area contributed by atoms with Gasteiger partial charge in [0.15, 0.2) is 6.10 Å². The standard InChI is InChI=1S/C15H10O3/c16-14-15(10-6-2-1-3-7-10)13(17-14)11-8-4-5-9-12(11)18-15/h1-9,13H. The van der Waals surface area contributed by atoms with E-state index in [4.69, 9.17) is 9.47 Å². The van der Waals surface area contributed by atoms with E-state index in [0.717, 1.165) is 16.9 Å². The fourth-order valence-electron chi connectivity index (χ4n) is 2.68. The molecule has 2 aliphatic rings. The third-order valence-corrected chi connectivity index (χ3v) is 3.57. The number of benzene rings is 2. The van der Waals surface area contributed by atoms with E-state index in [2.05, 4.69) is 0 Å². The smallest absolute Gasteiger partial charge is 0.360 e. The minimum Gasteiger partial charge on any atom is -0.466 e. The molecule has 2 unspecified atom stereocenters. The van der Waals surface area contributed by atoms with Crippen LogP contribution in [0.1, 0.15) is 17.2 Å². The molecule has 0 amide bonds. The minimum absolute atomic E-state index is 0.310. The first-order valence-electron chi connectivity index (χ1n) is 5.87. The lowest BCUT2D eigenvalue weighted by atomic mass is 9.82. The molecular weight excluding hydrogens is 228 g/mol. The molecule has 0 spiro atoms. The fraction of sp³-hybridized carbons (Fsp3) is 0.133. The van der Waals surface area contributed by atoms with Crippen molar-refractivity contribution in [1.29, 1.82) is 0 Å². The summed E-state index contributed by atoms with van der Waals surface area (Å²) in [5, 5.41) is 0. The molecule has 2 aromatic carbocycles. The van der Waals surface area contributed by atoms with Crippen molar-refractivity contribution in [2.24, 2.45) is 0 Å². The van der Waals surface area contributed by atoms with E-state index in [1.807, 2.05) is 54.6 Å². The minimum atomic E-state index is -0.967. The van der Waals surface area contributed by atoms with Crippen LogP contribution in [0.2, 0.25) is 0 Å². The summed E-state index contributed by atoms with van der Waals surface area (Å²) >= 11 is 0. The molecule has 1 fully saturated rings. The first-order valence-corrected chi connectivity index (χ1v) is 5.87. The summed E-state index contributed by atoms with van der Waals surface area (Å²) in [5.41, 5.74) is 0.828. The largest absolute Gasteiger partial charge is 0.466 e. The number of rotatable bonds is 1. The van der Waals surface area contributed by atoms with Gasteiger partial charge in [0.2, 0.25) is 0 Å². The van der Waals surface area contributed by atoms with Gasteiger partial charge < -0.3 is 9.47 Å². The van der Waals surface area contributed by atoms with Gasteiger partial charge in [-0.25, -0.2) is 4.79 Å². The predicted molar refractivity (Wildman–Crippen MR) is 64.0 cm³/mol. The topological polar surface area (TPSA) is 35.5 Å². The van der Waals surface area contributed by atoms with Crippen LogP contribution in [0.5, 0.6) is 5.75 Å². The van der Waals surface area contributed by atoms with Crippen LogP contribution in [0.15, 0.2) is 54.6 Å². The van der Waals surface area contributed by atoms with Gasteiger partial charge in [0, 0.05) is 11.1 Å². The Morgan fingerprint density at radius 1 is 0.944 bits per heavy atom. The van der Waals surface area contributed by atoms with Gasteiger partial charge in [0.25, 0.3) is 5.60 Å². The summed E-state index contributed by atoms with van der Waals surface area (Å²) in [6, 6.07) is 17.2. The summed E-state index contributed by atoms with van der Waals surface area (Å²) in [4.78, 5) is 12.0. The SMILES string of the molecule is O=C1OC2c3ccccc3OC12c1ccccc1. The molecule has 0 saturated carbocycles. The number of hydrogen-bond acceptors (Lipinski definition) is 3. The Kier molecular flexibility index (Phi) is 1.69. The molecule has 18 heavy (non-hydrogen) atoms. The maximum Gasteiger partial charge on any atom is 0.360 e. The van der Waals surface area contributed by atoms with Crippen molar-refractivity contribution in [3.05, 3.63) is 65.7 Å². The molecule has 0 aromatic heterocycles. The lowest BCUT2D eigenvalue weighted by molar-refractivity contribution is -0.218. The molecule has 3 nitrogen and oxygen atoms in total. The fourth-order valence-corrected chi connectivity index (χ4v) is 2.68. The number of carbonyl (C=O) groups excluding carboxylic acids is 1. The van der Waals surface area contributed by atoms with E-state index < -0.39 is 5.60 Å². The van der Waals surface area contributed by atoms with Crippen molar-refractivity contribution in [2.45, 2.75) is 11.7 Å². The van der Waals surface area contributed by atoms with Crippen LogP contribution in [-0.2, 0) is 15.1 Å². The lowest BCUT2D eigenvalue weighted by Gasteiger charge is -2.40. The second-order valence-corrected chi connectivity index (χ2v) is 4.53. The highest BCUT2D eigenvalue weighted by molar-refractivity contribution is 5.90. The zero-order valence-corrected chi connectivity index (χ0v) is 9.50. The van der Waals surface area contributed by atoms with Gasteiger partial charge in [-0.3, -0.25) is 0 Å². The van der Waals surface area contributed by atoms with E-state index in [0.29, 0.717) is 0 Å². The Labute approximate surface area is 104 Å². The van der Waals surface area contributed by atoms with Crippen LogP contribution < -0.4 is 4.74 Å².